The molecule has 1 aromatic heterocycles. The summed E-state index contributed by atoms with van der Waals surface area (Å²) in [5, 5.41) is 5.38. The van der Waals surface area contributed by atoms with Crippen molar-refractivity contribution in [3.05, 3.63) is 65.6 Å². The number of hydrogen-bond donors (Lipinski definition) is 1. The summed E-state index contributed by atoms with van der Waals surface area (Å²) in [5.41, 5.74) is 3.04. The fourth-order valence-corrected chi connectivity index (χ4v) is 2.44. The van der Waals surface area contributed by atoms with Crippen LogP contribution in [0.15, 0.2) is 58.2 Å². The highest BCUT2D eigenvalue weighted by atomic mass is 19.3. The van der Waals surface area contributed by atoms with Crippen LogP contribution < -0.4 is 10.2 Å². The number of amides is 1. The van der Waals surface area contributed by atoms with Gasteiger partial charge < -0.3 is 9.15 Å². The number of ether oxygens (including phenoxy) is 1. The summed E-state index contributed by atoms with van der Waals surface area (Å²) in [7, 11) is 0. The normalized spacial score (nSPS) is 11.4. The van der Waals surface area contributed by atoms with Gasteiger partial charge in [0.2, 0.25) is 0 Å². The van der Waals surface area contributed by atoms with Crippen LogP contribution in [0.2, 0.25) is 0 Å². The van der Waals surface area contributed by atoms with Gasteiger partial charge in [-0.3, -0.25) is 4.79 Å². The molecular weight excluding hydrogens is 330 g/mol. The fourth-order valence-electron chi connectivity index (χ4n) is 2.44. The monoisotopic (exact) mass is 344 g/mol. The topological polar surface area (TPSA) is 63.8 Å². The molecular formula is C18H14F2N2O3. The summed E-state index contributed by atoms with van der Waals surface area (Å²) in [6, 6.07) is 11.8. The highest BCUT2D eigenvalue weighted by Gasteiger charge is 2.13. The Hall–Kier alpha value is -3.22. The van der Waals surface area contributed by atoms with Crippen molar-refractivity contribution in [2.24, 2.45) is 5.10 Å². The van der Waals surface area contributed by atoms with Gasteiger partial charge in [-0.1, -0.05) is 30.3 Å². The van der Waals surface area contributed by atoms with Crippen LogP contribution in [0.25, 0.3) is 10.8 Å². The zero-order chi connectivity index (χ0) is 17.8. The van der Waals surface area contributed by atoms with E-state index in [1.165, 1.54) is 24.6 Å². The maximum absolute atomic E-state index is 12.6. The van der Waals surface area contributed by atoms with Gasteiger partial charge in [-0.25, -0.2) is 5.43 Å². The quantitative estimate of drug-likeness (QED) is 0.560. The van der Waals surface area contributed by atoms with E-state index in [1.807, 2.05) is 12.1 Å². The Balaban J connectivity index is 1.90. The number of hydrazone groups is 1. The largest absolute Gasteiger partial charge is 0.469 e. The molecule has 1 N–H and O–H groups in total. The van der Waals surface area contributed by atoms with Crippen molar-refractivity contribution < 1.29 is 22.7 Å². The number of benzene rings is 2. The first-order chi connectivity index (χ1) is 12.1. The zero-order valence-electron chi connectivity index (χ0n) is 13.2. The Kier molecular flexibility index (Phi) is 4.74. The van der Waals surface area contributed by atoms with Crippen LogP contribution in [0.4, 0.5) is 8.78 Å². The van der Waals surface area contributed by atoms with Crippen molar-refractivity contribution in [1.29, 1.82) is 0 Å². The van der Waals surface area contributed by atoms with E-state index in [4.69, 9.17) is 4.42 Å². The third-order valence-corrected chi connectivity index (χ3v) is 3.61. The van der Waals surface area contributed by atoms with Gasteiger partial charge in [0.15, 0.2) is 0 Å². The smallest absolute Gasteiger partial charge is 0.387 e. The predicted molar refractivity (Wildman–Crippen MR) is 89.1 cm³/mol. The molecule has 2 aromatic carbocycles. The number of halogens is 2. The number of furan rings is 1. The molecule has 0 radical (unpaired) electrons. The Morgan fingerprint density at radius 3 is 2.76 bits per heavy atom. The number of alkyl halides is 2. The molecule has 7 heteroatoms. The summed E-state index contributed by atoms with van der Waals surface area (Å²) < 4.78 is 34.9. The molecule has 0 aliphatic rings. The first kappa shape index (κ1) is 16.6. The second-order valence-electron chi connectivity index (χ2n) is 5.17. The molecule has 0 aliphatic carbocycles. The van der Waals surface area contributed by atoms with Gasteiger partial charge in [-0.15, -0.1) is 0 Å². The second-order valence-corrected chi connectivity index (χ2v) is 5.17. The van der Waals surface area contributed by atoms with E-state index in [1.54, 1.807) is 25.1 Å². The number of nitrogens with one attached hydrogen (secondary N) is 1. The lowest BCUT2D eigenvalue weighted by Crippen LogP contribution is -2.18. The first-order valence-corrected chi connectivity index (χ1v) is 7.40. The van der Waals surface area contributed by atoms with Crippen molar-refractivity contribution in [1.82, 2.24) is 5.43 Å². The minimum absolute atomic E-state index is 0.0220. The highest BCUT2D eigenvalue weighted by Crippen LogP contribution is 2.27. The van der Waals surface area contributed by atoms with Gasteiger partial charge in [-0.2, -0.15) is 13.9 Å². The summed E-state index contributed by atoms with van der Waals surface area (Å²) in [4.78, 5) is 12.0. The lowest BCUT2D eigenvalue weighted by Gasteiger charge is -2.10. The molecule has 1 heterocycles. The minimum Gasteiger partial charge on any atom is -0.469 e. The number of rotatable bonds is 5. The number of hydrogen-bond acceptors (Lipinski definition) is 4. The average Bonchev–Trinajstić information content (AvgIpc) is 3.02. The van der Waals surface area contributed by atoms with Crippen molar-refractivity contribution in [3.63, 3.8) is 0 Å². The summed E-state index contributed by atoms with van der Waals surface area (Å²) >= 11 is 0. The van der Waals surface area contributed by atoms with Crippen molar-refractivity contribution in [3.8, 4) is 5.75 Å². The number of nitrogens with zero attached hydrogens (tertiary/aromatic N) is 1. The van der Waals surface area contributed by atoms with Crippen LogP contribution in [0.3, 0.4) is 0 Å². The van der Waals surface area contributed by atoms with Crippen molar-refractivity contribution in [2.45, 2.75) is 13.5 Å². The second kappa shape index (κ2) is 7.12. The van der Waals surface area contributed by atoms with E-state index >= 15 is 0 Å². The Labute approximate surface area is 141 Å². The third-order valence-electron chi connectivity index (χ3n) is 3.61. The molecule has 3 aromatic rings. The van der Waals surface area contributed by atoms with Crippen molar-refractivity contribution in [2.75, 3.05) is 0 Å². The van der Waals surface area contributed by atoms with E-state index in [2.05, 4.69) is 15.3 Å². The van der Waals surface area contributed by atoms with Crippen LogP contribution in [-0.4, -0.2) is 18.7 Å². The molecule has 1 amide bonds. The molecule has 0 bridgehead atoms. The molecule has 128 valence electrons. The van der Waals surface area contributed by atoms with Crippen LogP contribution in [0.1, 0.15) is 21.7 Å². The molecule has 3 rings (SSSR count). The summed E-state index contributed by atoms with van der Waals surface area (Å²) in [6.07, 6.45) is 2.68. The maximum atomic E-state index is 12.6. The van der Waals surface area contributed by atoms with Crippen LogP contribution in [0, 0.1) is 6.92 Å². The molecule has 0 aliphatic heterocycles. The SMILES string of the molecule is Cc1occc1C(=O)N/N=C\c1c(OC(F)F)ccc2ccccc12. The number of carbonyl (C=O) groups excluding carboxylic acids is 1. The zero-order valence-corrected chi connectivity index (χ0v) is 13.2. The van der Waals surface area contributed by atoms with E-state index in [-0.39, 0.29) is 5.75 Å². The Morgan fingerprint density at radius 1 is 1.24 bits per heavy atom. The molecule has 0 spiro atoms. The molecule has 0 atom stereocenters. The lowest BCUT2D eigenvalue weighted by atomic mass is 10.0. The van der Waals surface area contributed by atoms with E-state index in [0.717, 1.165) is 5.39 Å². The highest BCUT2D eigenvalue weighted by molar-refractivity contribution is 6.03. The maximum Gasteiger partial charge on any atom is 0.387 e. The van der Waals surface area contributed by atoms with Crippen LogP contribution >= 0.6 is 0 Å². The Bertz CT molecular complexity index is 935. The van der Waals surface area contributed by atoms with E-state index in [9.17, 15) is 13.6 Å². The molecule has 0 saturated heterocycles. The van der Waals surface area contributed by atoms with Crippen molar-refractivity contribution >= 4 is 22.9 Å². The van der Waals surface area contributed by atoms with Crippen LogP contribution in [-0.2, 0) is 0 Å². The van der Waals surface area contributed by atoms with Crippen LogP contribution in [0.5, 0.6) is 5.75 Å². The summed E-state index contributed by atoms with van der Waals surface area (Å²) in [5.74, 6) is -0.0233. The van der Waals surface area contributed by atoms with Gasteiger partial charge in [0.25, 0.3) is 5.91 Å². The molecule has 0 unspecified atom stereocenters. The van der Waals surface area contributed by atoms with Gasteiger partial charge in [-0.05, 0) is 29.8 Å². The number of carbonyl (C=O) groups is 1. The minimum atomic E-state index is -2.96. The molecule has 5 nitrogen and oxygen atoms in total. The van der Waals surface area contributed by atoms with E-state index < -0.39 is 12.5 Å². The average molecular weight is 344 g/mol. The fraction of sp³-hybridized carbons (Fsp3) is 0.111. The van der Waals surface area contributed by atoms with Gasteiger partial charge in [0.1, 0.15) is 11.5 Å². The number of fused-ring (bicyclic) bond motifs is 1. The summed E-state index contributed by atoms with van der Waals surface area (Å²) in [6.45, 7) is -1.31. The van der Waals surface area contributed by atoms with E-state index in [0.29, 0.717) is 22.3 Å². The first-order valence-electron chi connectivity index (χ1n) is 7.40. The standard InChI is InChI=1S/C18H14F2N2O3/c1-11-13(8-9-24-11)17(23)22-21-10-15-14-5-3-2-4-12(14)6-7-16(15)25-18(19)20/h2-10,18H,1H3,(H,22,23)/b21-10-. The lowest BCUT2D eigenvalue weighted by molar-refractivity contribution is -0.0498. The third kappa shape index (κ3) is 3.65. The predicted octanol–water partition coefficient (Wildman–Crippen LogP) is 4.11. The van der Waals surface area contributed by atoms with Gasteiger partial charge in [0.05, 0.1) is 18.0 Å². The van der Waals surface area contributed by atoms with Gasteiger partial charge >= 0.3 is 6.61 Å². The molecule has 0 saturated carbocycles. The molecule has 0 fully saturated rings. The Morgan fingerprint density at radius 2 is 2.04 bits per heavy atom. The van der Waals surface area contributed by atoms with Gasteiger partial charge in [0, 0.05) is 5.56 Å². The number of aryl methyl sites for hydroxylation is 1. The molecule has 25 heavy (non-hydrogen) atoms.